The largest absolute Gasteiger partial charge is 0.392 e. The van der Waals surface area contributed by atoms with Crippen LogP contribution in [0.2, 0.25) is 0 Å². The van der Waals surface area contributed by atoms with Crippen molar-refractivity contribution in [3.05, 3.63) is 59.2 Å². The fraction of sp³-hybridized carbons (Fsp3) is 0.214. The molecule has 0 bridgehead atoms. The number of aliphatic hydroxyl groups is 1. The van der Waals surface area contributed by atoms with Gasteiger partial charge >= 0.3 is 0 Å². The van der Waals surface area contributed by atoms with Crippen molar-refractivity contribution in [2.24, 2.45) is 0 Å². The number of nitrogens with one attached hydrogen (secondary N) is 1. The second kappa shape index (κ2) is 6.30. The van der Waals surface area contributed by atoms with Gasteiger partial charge in [-0.25, -0.2) is 17.5 Å². The van der Waals surface area contributed by atoms with Crippen LogP contribution in [0.4, 0.5) is 4.39 Å². The van der Waals surface area contributed by atoms with Crippen LogP contribution in [0.25, 0.3) is 0 Å². The number of rotatable bonds is 5. The average molecular weight is 310 g/mol. The summed E-state index contributed by atoms with van der Waals surface area (Å²) in [5.74, 6) is -0.893. The van der Waals surface area contributed by atoms with Gasteiger partial charge in [0, 0.05) is 18.4 Å². The molecular formula is C14H15FN2O3S. The van der Waals surface area contributed by atoms with E-state index in [1.54, 1.807) is 18.3 Å². The van der Waals surface area contributed by atoms with Crippen LogP contribution in [-0.2, 0) is 23.2 Å². The maximum absolute atomic E-state index is 13.8. The number of hydrogen-bond acceptors (Lipinski definition) is 4. The number of aromatic nitrogens is 1. The fourth-order valence-corrected chi connectivity index (χ4v) is 2.79. The Morgan fingerprint density at radius 3 is 2.52 bits per heavy atom. The molecule has 0 saturated heterocycles. The minimum atomic E-state index is -3.96. The lowest BCUT2D eigenvalue weighted by Gasteiger charge is -2.08. The molecule has 0 radical (unpaired) electrons. The molecule has 2 N–H and O–H groups in total. The molecule has 0 atom stereocenters. The summed E-state index contributed by atoms with van der Waals surface area (Å²) in [7, 11) is -3.96. The molecule has 1 aromatic heterocycles. The number of halogens is 1. The van der Waals surface area contributed by atoms with E-state index in [9.17, 15) is 12.8 Å². The smallest absolute Gasteiger partial charge is 0.243 e. The third-order valence-corrected chi connectivity index (χ3v) is 4.34. The van der Waals surface area contributed by atoms with Gasteiger partial charge in [-0.3, -0.25) is 4.98 Å². The Morgan fingerprint density at radius 2 is 1.95 bits per heavy atom. The number of nitrogens with zero attached hydrogens (tertiary/aromatic N) is 1. The van der Waals surface area contributed by atoms with Gasteiger partial charge < -0.3 is 5.11 Å². The van der Waals surface area contributed by atoms with E-state index >= 15 is 0 Å². The van der Waals surface area contributed by atoms with Crippen molar-refractivity contribution in [3.8, 4) is 0 Å². The summed E-state index contributed by atoms with van der Waals surface area (Å²) in [6.07, 6.45) is 1.56. The average Bonchev–Trinajstić information content (AvgIpc) is 2.46. The number of aryl methyl sites for hydroxylation is 1. The van der Waals surface area contributed by atoms with E-state index in [1.807, 2.05) is 6.92 Å². The zero-order valence-corrected chi connectivity index (χ0v) is 12.2. The first-order valence-electron chi connectivity index (χ1n) is 6.23. The van der Waals surface area contributed by atoms with Crippen molar-refractivity contribution in [2.75, 3.05) is 0 Å². The zero-order valence-electron chi connectivity index (χ0n) is 11.4. The van der Waals surface area contributed by atoms with Crippen LogP contribution < -0.4 is 4.72 Å². The highest BCUT2D eigenvalue weighted by molar-refractivity contribution is 7.89. The van der Waals surface area contributed by atoms with Crippen molar-refractivity contribution < 1.29 is 17.9 Å². The highest BCUT2D eigenvalue weighted by Crippen LogP contribution is 2.16. The second-order valence-electron chi connectivity index (χ2n) is 4.56. The summed E-state index contributed by atoms with van der Waals surface area (Å²) in [5.41, 5.74) is 1.82. The minimum absolute atomic E-state index is 0.0246. The van der Waals surface area contributed by atoms with Gasteiger partial charge in [-0.05, 0) is 36.2 Å². The Hall–Kier alpha value is -1.83. The van der Waals surface area contributed by atoms with E-state index in [4.69, 9.17) is 5.11 Å². The van der Waals surface area contributed by atoms with Gasteiger partial charge in [-0.2, -0.15) is 0 Å². The fourth-order valence-electron chi connectivity index (χ4n) is 1.72. The molecule has 0 amide bonds. The van der Waals surface area contributed by atoms with E-state index in [1.165, 1.54) is 6.07 Å². The highest BCUT2D eigenvalue weighted by atomic mass is 32.2. The third kappa shape index (κ3) is 3.84. The molecule has 21 heavy (non-hydrogen) atoms. The lowest BCUT2D eigenvalue weighted by atomic mass is 10.2. The minimum Gasteiger partial charge on any atom is -0.392 e. The normalized spacial score (nSPS) is 11.6. The van der Waals surface area contributed by atoms with Crippen LogP contribution in [0.15, 0.2) is 41.4 Å². The van der Waals surface area contributed by atoms with Crippen LogP contribution >= 0.6 is 0 Å². The van der Waals surface area contributed by atoms with Gasteiger partial charge in [0.25, 0.3) is 0 Å². The SMILES string of the molecule is Cc1ccc(CNS(=O)(=O)c2ccc(CO)cc2F)cn1. The Bertz CT molecular complexity index is 730. The van der Waals surface area contributed by atoms with Crippen molar-refractivity contribution in [1.82, 2.24) is 9.71 Å². The summed E-state index contributed by atoms with van der Waals surface area (Å²) in [4.78, 5) is 3.61. The van der Waals surface area contributed by atoms with Crippen LogP contribution in [0, 0.1) is 12.7 Å². The number of pyridine rings is 1. The Balaban J connectivity index is 2.16. The molecule has 0 aliphatic rings. The zero-order chi connectivity index (χ0) is 15.5. The summed E-state index contributed by atoms with van der Waals surface area (Å²) in [6, 6.07) is 7.01. The Kier molecular flexibility index (Phi) is 4.66. The summed E-state index contributed by atoms with van der Waals surface area (Å²) >= 11 is 0. The molecule has 0 spiro atoms. The van der Waals surface area contributed by atoms with Crippen molar-refractivity contribution >= 4 is 10.0 Å². The van der Waals surface area contributed by atoms with Crippen LogP contribution in [0.3, 0.4) is 0 Å². The summed E-state index contributed by atoms with van der Waals surface area (Å²) in [6.45, 7) is 1.50. The van der Waals surface area contributed by atoms with Gasteiger partial charge in [0.05, 0.1) is 6.61 Å². The van der Waals surface area contributed by atoms with Crippen LogP contribution in [-0.4, -0.2) is 18.5 Å². The molecule has 0 fully saturated rings. The maximum atomic E-state index is 13.8. The standard InChI is InChI=1S/C14H15FN2O3S/c1-10-2-3-12(7-16-10)8-17-21(19,20)14-5-4-11(9-18)6-13(14)15/h2-7,17-18H,8-9H2,1H3. The molecule has 0 unspecified atom stereocenters. The van der Waals surface area contributed by atoms with E-state index in [0.717, 1.165) is 17.8 Å². The molecule has 0 aliphatic heterocycles. The number of aliphatic hydroxyl groups excluding tert-OH is 1. The Labute approximate surface area is 122 Å². The number of sulfonamides is 1. The first-order valence-corrected chi connectivity index (χ1v) is 7.71. The molecule has 5 nitrogen and oxygen atoms in total. The molecular weight excluding hydrogens is 295 g/mol. The van der Waals surface area contributed by atoms with E-state index in [2.05, 4.69) is 9.71 Å². The van der Waals surface area contributed by atoms with E-state index in [0.29, 0.717) is 11.1 Å². The molecule has 1 heterocycles. The van der Waals surface area contributed by atoms with Gasteiger partial charge in [0.15, 0.2) is 0 Å². The van der Waals surface area contributed by atoms with Gasteiger partial charge in [0.2, 0.25) is 10.0 Å². The molecule has 0 saturated carbocycles. The van der Waals surface area contributed by atoms with Gasteiger partial charge in [-0.15, -0.1) is 0 Å². The molecule has 112 valence electrons. The van der Waals surface area contributed by atoms with E-state index < -0.39 is 20.7 Å². The first-order chi connectivity index (χ1) is 9.92. The summed E-state index contributed by atoms with van der Waals surface area (Å²) in [5, 5.41) is 8.89. The third-order valence-electron chi connectivity index (χ3n) is 2.91. The monoisotopic (exact) mass is 310 g/mol. The predicted octanol–water partition coefficient (Wildman–Crippen LogP) is 1.50. The molecule has 7 heteroatoms. The maximum Gasteiger partial charge on any atom is 0.243 e. The van der Waals surface area contributed by atoms with Gasteiger partial charge in [0.1, 0.15) is 10.7 Å². The highest BCUT2D eigenvalue weighted by Gasteiger charge is 2.19. The quantitative estimate of drug-likeness (QED) is 0.877. The molecule has 2 aromatic rings. The van der Waals surface area contributed by atoms with Crippen molar-refractivity contribution in [3.63, 3.8) is 0 Å². The molecule has 0 aliphatic carbocycles. The van der Waals surface area contributed by atoms with E-state index in [-0.39, 0.29) is 13.2 Å². The van der Waals surface area contributed by atoms with Crippen molar-refractivity contribution in [2.45, 2.75) is 25.0 Å². The van der Waals surface area contributed by atoms with Gasteiger partial charge in [-0.1, -0.05) is 12.1 Å². The van der Waals surface area contributed by atoms with Crippen LogP contribution in [0.5, 0.6) is 0 Å². The molecule has 2 rings (SSSR count). The lowest BCUT2D eigenvalue weighted by Crippen LogP contribution is -2.24. The Morgan fingerprint density at radius 1 is 1.24 bits per heavy atom. The first kappa shape index (κ1) is 15.6. The predicted molar refractivity (Wildman–Crippen MR) is 75.3 cm³/mol. The number of hydrogen-bond donors (Lipinski definition) is 2. The van der Waals surface area contributed by atoms with Crippen molar-refractivity contribution in [1.29, 1.82) is 0 Å². The lowest BCUT2D eigenvalue weighted by molar-refractivity contribution is 0.281. The molecule has 1 aromatic carbocycles. The second-order valence-corrected chi connectivity index (χ2v) is 6.29. The summed E-state index contributed by atoms with van der Waals surface area (Å²) < 4.78 is 40.2. The number of benzene rings is 1. The van der Waals surface area contributed by atoms with Crippen LogP contribution in [0.1, 0.15) is 16.8 Å². The topological polar surface area (TPSA) is 79.3 Å².